The van der Waals surface area contributed by atoms with Gasteiger partial charge in [0.15, 0.2) is 0 Å². The Bertz CT molecular complexity index is 592. The zero-order valence-electron chi connectivity index (χ0n) is 12.0. The molecule has 0 saturated heterocycles. The summed E-state index contributed by atoms with van der Waals surface area (Å²) in [5.74, 6) is -1.76. The lowest BCUT2D eigenvalue weighted by Crippen LogP contribution is -2.28. The molecular weight excluding hydrogens is 274 g/mol. The van der Waals surface area contributed by atoms with E-state index in [4.69, 9.17) is 9.57 Å². The van der Waals surface area contributed by atoms with Crippen LogP contribution in [-0.4, -0.2) is 28.4 Å². The molecule has 0 N–H and O–H groups in total. The number of ether oxygens (including phenoxy) is 1. The van der Waals surface area contributed by atoms with E-state index in [9.17, 15) is 14.4 Å². The van der Waals surface area contributed by atoms with Gasteiger partial charge in [-0.15, -0.1) is 0 Å². The van der Waals surface area contributed by atoms with Crippen LogP contribution in [-0.2, 0) is 14.4 Å². The molecule has 2 rings (SSSR count). The van der Waals surface area contributed by atoms with E-state index in [1.54, 1.807) is 32.9 Å². The second-order valence-corrected chi connectivity index (χ2v) is 5.39. The van der Waals surface area contributed by atoms with E-state index in [1.165, 1.54) is 12.1 Å². The molecule has 1 heterocycles. The molecule has 1 aromatic carbocycles. The minimum atomic E-state index is -0.628. The summed E-state index contributed by atoms with van der Waals surface area (Å²) < 4.78 is 5.02. The molecule has 0 saturated carbocycles. The van der Waals surface area contributed by atoms with Gasteiger partial charge in [0.05, 0.1) is 17.2 Å². The summed E-state index contributed by atoms with van der Waals surface area (Å²) in [6, 6.07) is 6.39. The van der Waals surface area contributed by atoms with E-state index in [0.29, 0.717) is 5.06 Å². The highest BCUT2D eigenvalue weighted by Crippen LogP contribution is 2.22. The number of rotatable bonds is 3. The van der Waals surface area contributed by atoms with Crippen LogP contribution in [0.4, 0.5) is 0 Å². The van der Waals surface area contributed by atoms with Gasteiger partial charge in [-0.1, -0.05) is 17.2 Å². The molecular formula is C15H15NO5. The Morgan fingerprint density at radius 2 is 1.62 bits per heavy atom. The lowest BCUT2D eigenvalue weighted by molar-refractivity contribution is -0.148. The first-order chi connectivity index (χ1) is 9.79. The predicted octanol–water partition coefficient (Wildman–Crippen LogP) is 2.07. The Hall–Kier alpha value is -2.63. The highest BCUT2D eigenvalue weighted by atomic mass is 16.7. The van der Waals surface area contributed by atoms with Crippen LogP contribution in [0, 0.1) is 0 Å². The van der Waals surface area contributed by atoms with Gasteiger partial charge in [-0.25, -0.2) is 4.79 Å². The maximum absolute atomic E-state index is 11.9. The highest BCUT2D eigenvalue weighted by Gasteiger charge is 2.36. The number of fused-ring (bicyclic) bond motifs is 1. The van der Waals surface area contributed by atoms with Crippen LogP contribution in [0.15, 0.2) is 36.6 Å². The molecule has 0 aliphatic carbocycles. The number of amides is 2. The fourth-order valence-electron chi connectivity index (χ4n) is 1.75. The average molecular weight is 289 g/mol. The highest BCUT2D eigenvalue weighted by molar-refractivity contribution is 6.20. The number of esters is 1. The second-order valence-electron chi connectivity index (χ2n) is 5.39. The van der Waals surface area contributed by atoms with E-state index in [2.05, 4.69) is 0 Å². The summed E-state index contributed by atoms with van der Waals surface area (Å²) in [7, 11) is 0. The van der Waals surface area contributed by atoms with Crippen LogP contribution in [0.3, 0.4) is 0 Å². The first-order valence-corrected chi connectivity index (χ1v) is 6.34. The Balaban J connectivity index is 2.01. The summed E-state index contributed by atoms with van der Waals surface area (Å²) in [5.41, 5.74) is -0.0851. The van der Waals surface area contributed by atoms with Gasteiger partial charge in [0, 0.05) is 0 Å². The molecule has 0 bridgehead atoms. The van der Waals surface area contributed by atoms with Crippen molar-refractivity contribution in [1.29, 1.82) is 0 Å². The number of hydrogen-bond donors (Lipinski definition) is 0. The number of imide groups is 1. The Kier molecular flexibility index (Phi) is 3.80. The summed E-state index contributed by atoms with van der Waals surface area (Å²) >= 11 is 0. The first-order valence-electron chi connectivity index (χ1n) is 6.34. The van der Waals surface area contributed by atoms with Crippen LogP contribution in [0.25, 0.3) is 0 Å². The van der Waals surface area contributed by atoms with Gasteiger partial charge in [-0.05, 0) is 32.9 Å². The largest absolute Gasteiger partial charge is 0.457 e. The van der Waals surface area contributed by atoms with Crippen LogP contribution in [0.2, 0.25) is 0 Å². The topological polar surface area (TPSA) is 72.9 Å². The molecule has 0 aromatic heterocycles. The second kappa shape index (κ2) is 5.40. The molecule has 1 aromatic rings. The molecule has 110 valence electrons. The predicted molar refractivity (Wildman–Crippen MR) is 73.0 cm³/mol. The van der Waals surface area contributed by atoms with Crippen molar-refractivity contribution in [3.8, 4) is 0 Å². The minimum absolute atomic E-state index is 0.271. The molecule has 0 atom stereocenters. The van der Waals surface area contributed by atoms with E-state index in [-0.39, 0.29) is 11.1 Å². The molecule has 0 radical (unpaired) electrons. The van der Waals surface area contributed by atoms with Crippen LogP contribution < -0.4 is 0 Å². The molecule has 0 spiro atoms. The summed E-state index contributed by atoms with van der Waals surface area (Å²) in [5, 5.41) is 0.603. The molecule has 21 heavy (non-hydrogen) atoms. The molecule has 0 unspecified atom stereocenters. The van der Waals surface area contributed by atoms with Crippen molar-refractivity contribution in [2.45, 2.75) is 26.4 Å². The zero-order valence-corrected chi connectivity index (χ0v) is 12.0. The van der Waals surface area contributed by atoms with Gasteiger partial charge in [-0.2, -0.15) is 0 Å². The van der Waals surface area contributed by atoms with Crippen LogP contribution in [0.5, 0.6) is 0 Å². The van der Waals surface area contributed by atoms with Crippen molar-refractivity contribution in [1.82, 2.24) is 5.06 Å². The van der Waals surface area contributed by atoms with E-state index >= 15 is 0 Å². The minimum Gasteiger partial charge on any atom is -0.457 e. The van der Waals surface area contributed by atoms with Crippen LogP contribution >= 0.6 is 0 Å². The molecule has 1 aliphatic rings. The maximum atomic E-state index is 11.9. The normalized spacial score (nSPS) is 14.5. The maximum Gasteiger partial charge on any atom is 0.334 e. The van der Waals surface area contributed by atoms with Crippen molar-refractivity contribution in [3.63, 3.8) is 0 Å². The number of carbonyl (C=O) groups excluding carboxylic acids is 3. The Morgan fingerprint density at radius 3 is 2.10 bits per heavy atom. The number of hydroxylamine groups is 2. The molecule has 2 amide bonds. The van der Waals surface area contributed by atoms with E-state index < -0.39 is 23.4 Å². The molecule has 6 heteroatoms. The monoisotopic (exact) mass is 289 g/mol. The van der Waals surface area contributed by atoms with Crippen molar-refractivity contribution in [3.05, 3.63) is 47.7 Å². The number of carbonyl (C=O) groups is 3. The average Bonchev–Trinajstić information content (AvgIpc) is 2.62. The third-order valence-corrected chi connectivity index (χ3v) is 2.53. The quantitative estimate of drug-likeness (QED) is 0.368. The van der Waals surface area contributed by atoms with Crippen molar-refractivity contribution in [2.75, 3.05) is 0 Å². The van der Waals surface area contributed by atoms with Gasteiger partial charge < -0.3 is 9.57 Å². The van der Waals surface area contributed by atoms with Crippen LogP contribution in [0.1, 0.15) is 41.5 Å². The standard InChI is InChI=1S/C15H15NO5/c1-15(2,3)21-12(17)8-9-20-16-13(18)10-6-4-5-7-11(10)14(16)19/h4-9H,1-3H3. The number of benzene rings is 1. The summed E-state index contributed by atoms with van der Waals surface area (Å²) in [6.07, 6.45) is 1.96. The summed E-state index contributed by atoms with van der Waals surface area (Å²) in [4.78, 5) is 40.3. The Morgan fingerprint density at radius 1 is 1.10 bits per heavy atom. The summed E-state index contributed by atoms with van der Waals surface area (Å²) in [6.45, 7) is 5.18. The third kappa shape index (κ3) is 3.28. The van der Waals surface area contributed by atoms with Gasteiger partial charge in [0.2, 0.25) is 0 Å². The van der Waals surface area contributed by atoms with E-state index in [1.807, 2.05) is 0 Å². The Labute approximate surface area is 121 Å². The fourth-order valence-corrected chi connectivity index (χ4v) is 1.75. The van der Waals surface area contributed by atoms with Gasteiger partial charge >= 0.3 is 5.97 Å². The van der Waals surface area contributed by atoms with E-state index in [0.717, 1.165) is 12.3 Å². The van der Waals surface area contributed by atoms with Gasteiger partial charge in [0.1, 0.15) is 11.9 Å². The molecule has 1 aliphatic heterocycles. The first kappa shape index (κ1) is 14.8. The fraction of sp³-hybridized carbons (Fsp3) is 0.267. The number of nitrogens with zero attached hydrogens (tertiary/aromatic N) is 1. The lowest BCUT2D eigenvalue weighted by atomic mass is 10.1. The van der Waals surface area contributed by atoms with Crippen molar-refractivity contribution >= 4 is 17.8 Å². The van der Waals surface area contributed by atoms with Gasteiger partial charge in [-0.3, -0.25) is 9.59 Å². The van der Waals surface area contributed by atoms with Gasteiger partial charge in [0.25, 0.3) is 11.8 Å². The lowest BCUT2D eigenvalue weighted by Gasteiger charge is -2.18. The zero-order chi connectivity index (χ0) is 15.6. The van der Waals surface area contributed by atoms with Crippen molar-refractivity contribution in [2.24, 2.45) is 0 Å². The number of hydrogen-bond acceptors (Lipinski definition) is 5. The SMILES string of the molecule is CC(C)(C)OC(=O)C=CON1C(=O)c2ccccc2C1=O. The third-order valence-electron chi connectivity index (χ3n) is 2.53. The van der Waals surface area contributed by atoms with Crippen molar-refractivity contribution < 1.29 is 24.0 Å². The molecule has 6 nitrogen and oxygen atoms in total. The smallest absolute Gasteiger partial charge is 0.334 e. The molecule has 0 fully saturated rings.